The summed E-state index contributed by atoms with van der Waals surface area (Å²) in [7, 11) is 0. The Morgan fingerprint density at radius 3 is 2.82 bits per heavy atom. The minimum atomic E-state index is -0.289. The molecule has 2 aromatic heterocycles. The summed E-state index contributed by atoms with van der Waals surface area (Å²) in [6, 6.07) is 12.9. The fourth-order valence-electron chi connectivity index (χ4n) is 2.62. The molecule has 0 saturated carbocycles. The van der Waals surface area contributed by atoms with E-state index in [1.807, 2.05) is 31.2 Å². The van der Waals surface area contributed by atoms with Gasteiger partial charge in [0.1, 0.15) is 5.69 Å². The molecule has 2 aromatic carbocycles. The van der Waals surface area contributed by atoms with Crippen molar-refractivity contribution >= 4 is 28.2 Å². The van der Waals surface area contributed by atoms with Gasteiger partial charge < -0.3 is 0 Å². The fraction of sp³-hybridized carbons (Fsp3) is 0.0625. The first-order chi connectivity index (χ1) is 10.6. The highest BCUT2D eigenvalue weighted by atomic mass is 35.5. The van der Waals surface area contributed by atoms with Crippen LogP contribution in [0.2, 0.25) is 5.02 Å². The number of halogens is 1. The van der Waals surface area contributed by atoms with Gasteiger partial charge >= 0.3 is 0 Å². The summed E-state index contributed by atoms with van der Waals surface area (Å²) in [6.45, 7) is 2.00. The van der Waals surface area contributed by atoms with Crippen molar-refractivity contribution in [3.8, 4) is 11.3 Å². The molecule has 0 amide bonds. The lowest BCUT2D eigenvalue weighted by Crippen LogP contribution is -2.10. The van der Waals surface area contributed by atoms with Gasteiger partial charge in [-0.05, 0) is 30.7 Å². The number of aryl methyl sites for hydroxylation is 1. The molecule has 0 unspecified atom stereocenters. The molecule has 1 N–H and O–H groups in total. The van der Waals surface area contributed by atoms with Crippen molar-refractivity contribution in [3.05, 3.63) is 63.4 Å². The van der Waals surface area contributed by atoms with Crippen LogP contribution in [0.5, 0.6) is 0 Å². The Bertz CT molecular complexity index is 1080. The summed E-state index contributed by atoms with van der Waals surface area (Å²) in [5, 5.41) is 8.32. The molecule has 0 fully saturated rings. The third kappa shape index (κ3) is 1.83. The number of H-pyrrole nitrogens is 1. The molecule has 22 heavy (non-hydrogen) atoms. The second kappa shape index (κ2) is 4.68. The smallest absolute Gasteiger partial charge is 0.267 e. The van der Waals surface area contributed by atoms with Crippen molar-refractivity contribution in [2.75, 3.05) is 0 Å². The Labute approximate surface area is 130 Å². The van der Waals surface area contributed by atoms with E-state index in [9.17, 15) is 4.79 Å². The van der Waals surface area contributed by atoms with Gasteiger partial charge in [-0.15, -0.1) is 0 Å². The lowest BCUT2D eigenvalue weighted by atomic mass is 10.1. The lowest BCUT2D eigenvalue weighted by Gasteiger charge is -2.03. The largest absolute Gasteiger partial charge is 0.281 e. The minimum absolute atomic E-state index is 0.289. The Kier molecular flexibility index (Phi) is 2.77. The molecule has 5 nitrogen and oxygen atoms in total. The van der Waals surface area contributed by atoms with E-state index in [-0.39, 0.29) is 5.56 Å². The highest BCUT2D eigenvalue weighted by molar-refractivity contribution is 6.31. The molecule has 4 rings (SSSR count). The van der Waals surface area contributed by atoms with Crippen molar-refractivity contribution < 1.29 is 0 Å². The first kappa shape index (κ1) is 13.0. The van der Waals surface area contributed by atoms with Crippen LogP contribution in [0.15, 0.2) is 47.3 Å². The van der Waals surface area contributed by atoms with E-state index in [2.05, 4.69) is 15.3 Å². The number of hydrogen-bond acceptors (Lipinski definition) is 3. The Morgan fingerprint density at radius 1 is 1.18 bits per heavy atom. The van der Waals surface area contributed by atoms with Crippen molar-refractivity contribution in [1.29, 1.82) is 0 Å². The molecule has 0 aliphatic rings. The molecule has 0 atom stereocenters. The molecule has 4 aromatic rings. The van der Waals surface area contributed by atoms with Crippen LogP contribution in [-0.4, -0.2) is 19.8 Å². The maximum absolute atomic E-state index is 12.3. The third-order valence-corrected chi connectivity index (χ3v) is 3.96. The molecule has 0 spiro atoms. The van der Waals surface area contributed by atoms with E-state index in [1.165, 1.54) is 0 Å². The van der Waals surface area contributed by atoms with E-state index < -0.39 is 0 Å². The molecule has 6 heteroatoms. The molecule has 0 aliphatic carbocycles. The standard InChI is InChI=1S/C16H11ClN4O/c1-9-4-2-3-5-11(9)14-15-18-16(22)12-7-6-10(17)8-13(12)21(15)20-19-14/h2-8,20H,1H3. The number of nitrogens with zero attached hydrogens (tertiary/aromatic N) is 3. The number of hydrogen-bond donors (Lipinski definition) is 1. The number of aromatic nitrogens is 4. The van der Waals surface area contributed by atoms with Crippen molar-refractivity contribution in [2.45, 2.75) is 6.92 Å². The first-order valence-electron chi connectivity index (χ1n) is 6.77. The van der Waals surface area contributed by atoms with Gasteiger partial charge in [0.2, 0.25) is 0 Å². The van der Waals surface area contributed by atoms with E-state index in [0.29, 0.717) is 27.3 Å². The summed E-state index contributed by atoms with van der Waals surface area (Å²) in [4.78, 5) is 16.4. The maximum atomic E-state index is 12.3. The van der Waals surface area contributed by atoms with Crippen molar-refractivity contribution in [2.24, 2.45) is 0 Å². The van der Waals surface area contributed by atoms with E-state index in [4.69, 9.17) is 11.6 Å². The zero-order chi connectivity index (χ0) is 15.3. The van der Waals surface area contributed by atoms with Gasteiger partial charge in [0.05, 0.1) is 10.9 Å². The van der Waals surface area contributed by atoms with Gasteiger partial charge in [0.15, 0.2) is 5.65 Å². The summed E-state index contributed by atoms with van der Waals surface area (Å²) >= 11 is 6.05. The van der Waals surface area contributed by atoms with Crippen LogP contribution in [0.25, 0.3) is 27.8 Å². The summed E-state index contributed by atoms with van der Waals surface area (Å²) in [5.74, 6) is 0. The Hall–Kier alpha value is -2.66. The van der Waals surface area contributed by atoms with Gasteiger partial charge in [0.25, 0.3) is 5.56 Å². The van der Waals surface area contributed by atoms with Crippen LogP contribution in [0.1, 0.15) is 5.56 Å². The highest BCUT2D eigenvalue weighted by Gasteiger charge is 2.15. The topological polar surface area (TPSA) is 63.1 Å². The molecule has 0 saturated heterocycles. The fourth-order valence-corrected chi connectivity index (χ4v) is 2.79. The average Bonchev–Trinajstić information content (AvgIpc) is 2.91. The number of aromatic amines is 1. The van der Waals surface area contributed by atoms with Gasteiger partial charge in [-0.25, -0.2) is 9.73 Å². The average molecular weight is 311 g/mol. The number of nitrogens with one attached hydrogen (secondary N) is 1. The van der Waals surface area contributed by atoms with Gasteiger partial charge in [-0.2, -0.15) is 10.1 Å². The number of benzene rings is 2. The van der Waals surface area contributed by atoms with Gasteiger partial charge in [0, 0.05) is 10.6 Å². The number of fused-ring (bicyclic) bond motifs is 3. The number of rotatable bonds is 1. The molecular weight excluding hydrogens is 300 g/mol. The summed E-state index contributed by atoms with van der Waals surface area (Å²) in [5.41, 5.74) is 3.52. The van der Waals surface area contributed by atoms with E-state index in [1.54, 1.807) is 22.7 Å². The molecule has 0 radical (unpaired) electrons. The molecule has 108 valence electrons. The van der Waals surface area contributed by atoms with Gasteiger partial charge in [-0.3, -0.25) is 4.79 Å². The Balaban J connectivity index is 2.15. The zero-order valence-corrected chi connectivity index (χ0v) is 12.4. The summed E-state index contributed by atoms with van der Waals surface area (Å²) in [6.07, 6.45) is 0. The normalized spacial score (nSPS) is 11.4. The molecule has 2 heterocycles. The minimum Gasteiger partial charge on any atom is -0.267 e. The molecule has 0 bridgehead atoms. The van der Waals surface area contributed by atoms with Crippen LogP contribution < -0.4 is 5.56 Å². The van der Waals surface area contributed by atoms with Crippen LogP contribution in [0.3, 0.4) is 0 Å². The van der Waals surface area contributed by atoms with Crippen LogP contribution >= 0.6 is 11.6 Å². The third-order valence-electron chi connectivity index (χ3n) is 3.72. The van der Waals surface area contributed by atoms with Crippen LogP contribution in [0, 0.1) is 6.92 Å². The quantitative estimate of drug-likeness (QED) is 0.587. The first-order valence-corrected chi connectivity index (χ1v) is 7.15. The van der Waals surface area contributed by atoms with Crippen LogP contribution in [-0.2, 0) is 0 Å². The van der Waals surface area contributed by atoms with E-state index >= 15 is 0 Å². The second-order valence-electron chi connectivity index (χ2n) is 5.11. The van der Waals surface area contributed by atoms with Crippen molar-refractivity contribution in [1.82, 2.24) is 19.8 Å². The van der Waals surface area contributed by atoms with Crippen molar-refractivity contribution in [3.63, 3.8) is 0 Å². The molecule has 0 aliphatic heterocycles. The predicted molar refractivity (Wildman–Crippen MR) is 86.3 cm³/mol. The lowest BCUT2D eigenvalue weighted by molar-refractivity contribution is 0.874. The Morgan fingerprint density at radius 2 is 2.00 bits per heavy atom. The molecular formula is C16H11ClN4O. The second-order valence-corrected chi connectivity index (χ2v) is 5.55. The zero-order valence-electron chi connectivity index (χ0n) is 11.7. The maximum Gasteiger partial charge on any atom is 0.281 e. The SMILES string of the molecule is Cc1ccccc1-c1n[nH]n2c1nc(=O)c1ccc(Cl)cc12. The van der Waals surface area contributed by atoms with E-state index in [0.717, 1.165) is 11.1 Å². The predicted octanol–water partition coefficient (Wildman–Crippen LogP) is 3.20. The highest BCUT2D eigenvalue weighted by Crippen LogP contribution is 2.25. The van der Waals surface area contributed by atoms with Crippen LogP contribution in [0.4, 0.5) is 0 Å². The monoisotopic (exact) mass is 310 g/mol. The summed E-state index contributed by atoms with van der Waals surface area (Å²) < 4.78 is 1.68. The van der Waals surface area contributed by atoms with Gasteiger partial charge in [-0.1, -0.05) is 35.9 Å².